The molecule has 19 heavy (non-hydrogen) atoms. The minimum atomic E-state index is 0.541. The maximum atomic E-state index is 5.00. The number of hydrogen-bond acceptors (Lipinski definition) is 3. The highest BCUT2D eigenvalue weighted by molar-refractivity contribution is 7.11. The molecule has 2 rings (SSSR count). The fraction of sp³-hybridized carbons (Fsp3) is 0.812. The van der Waals surface area contributed by atoms with Crippen molar-refractivity contribution in [1.82, 2.24) is 10.3 Å². The minimum absolute atomic E-state index is 0.541. The van der Waals surface area contributed by atoms with Crippen molar-refractivity contribution in [2.45, 2.75) is 71.3 Å². The molecule has 0 bridgehead atoms. The van der Waals surface area contributed by atoms with Crippen LogP contribution in [0.25, 0.3) is 0 Å². The highest BCUT2D eigenvalue weighted by atomic mass is 32.1. The molecule has 1 aliphatic carbocycles. The molecule has 0 spiro atoms. The third-order valence-corrected chi connectivity index (χ3v) is 5.57. The third-order valence-electron chi connectivity index (χ3n) is 4.34. The first-order valence-electron chi connectivity index (χ1n) is 7.79. The van der Waals surface area contributed by atoms with E-state index in [1.807, 2.05) is 18.4 Å². The molecule has 2 unspecified atom stereocenters. The summed E-state index contributed by atoms with van der Waals surface area (Å²) in [6.07, 6.45) is 6.86. The zero-order chi connectivity index (χ0) is 13.8. The Hall–Kier alpha value is -0.410. The first-order valence-corrected chi connectivity index (χ1v) is 8.61. The van der Waals surface area contributed by atoms with Gasteiger partial charge in [-0.05, 0) is 31.7 Å². The van der Waals surface area contributed by atoms with Gasteiger partial charge in [-0.2, -0.15) is 0 Å². The summed E-state index contributed by atoms with van der Waals surface area (Å²) in [4.78, 5) is 6.45. The van der Waals surface area contributed by atoms with E-state index in [1.165, 1.54) is 47.7 Å². The van der Waals surface area contributed by atoms with Crippen LogP contribution in [0.5, 0.6) is 0 Å². The molecule has 1 N–H and O–H groups in total. The van der Waals surface area contributed by atoms with Gasteiger partial charge in [-0.3, -0.25) is 0 Å². The van der Waals surface area contributed by atoms with Gasteiger partial charge in [0.2, 0.25) is 0 Å². The molecule has 1 fully saturated rings. The molecular formula is C16H28N2S. The number of nitrogens with zero attached hydrogens (tertiary/aromatic N) is 1. The predicted octanol–water partition coefficient (Wildman–Crippen LogP) is 4.67. The van der Waals surface area contributed by atoms with E-state index in [0.717, 1.165) is 18.4 Å². The van der Waals surface area contributed by atoms with Gasteiger partial charge in [0, 0.05) is 17.3 Å². The Morgan fingerprint density at radius 3 is 2.79 bits per heavy atom. The third kappa shape index (κ3) is 3.57. The molecule has 1 aromatic heterocycles. The van der Waals surface area contributed by atoms with Crippen molar-refractivity contribution in [3.05, 3.63) is 15.6 Å². The van der Waals surface area contributed by atoms with Crippen molar-refractivity contribution in [1.29, 1.82) is 0 Å². The Balaban J connectivity index is 2.17. The van der Waals surface area contributed by atoms with Crippen molar-refractivity contribution in [2.75, 3.05) is 7.05 Å². The number of nitrogens with one attached hydrogen (secondary N) is 1. The van der Waals surface area contributed by atoms with Crippen molar-refractivity contribution < 1.29 is 0 Å². The second kappa shape index (κ2) is 6.85. The Kier molecular flexibility index (Phi) is 5.40. The van der Waals surface area contributed by atoms with Crippen LogP contribution >= 0.6 is 11.3 Å². The largest absolute Gasteiger partial charge is 0.315 e. The van der Waals surface area contributed by atoms with Crippen LogP contribution < -0.4 is 5.32 Å². The Morgan fingerprint density at radius 1 is 1.37 bits per heavy atom. The van der Waals surface area contributed by atoms with Crippen molar-refractivity contribution in [3.63, 3.8) is 0 Å². The molecule has 1 heterocycles. The van der Waals surface area contributed by atoms with E-state index in [-0.39, 0.29) is 0 Å². The van der Waals surface area contributed by atoms with Gasteiger partial charge in [-0.25, -0.2) is 4.98 Å². The summed E-state index contributed by atoms with van der Waals surface area (Å²) in [6, 6.07) is 0. The smallest absolute Gasteiger partial charge is 0.0962 e. The van der Waals surface area contributed by atoms with E-state index >= 15 is 0 Å². The van der Waals surface area contributed by atoms with Gasteiger partial charge < -0.3 is 5.32 Å². The van der Waals surface area contributed by atoms with Crippen LogP contribution in [0.4, 0.5) is 0 Å². The van der Waals surface area contributed by atoms with Crippen LogP contribution in [0, 0.1) is 5.92 Å². The first kappa shape index (κ1) is 15.0. The quantitative estimate of drug-likeness (QED) is 0.848. The van der Waals surface area contributed by atoms with Crippen molar-refractivity contribution >= 4 is 11.3 Å². The van der Waals surface area contributed by atoms with E-state index < -0.39 is 0 Å². The average molecular weight is 280 g/mol. The van der Waals surface area contributed by atoms with E-state index in [2.05, 4.69) is 26.1 Å². The predicted molar refractivity (Wildman–Crippen MR) is 84.0 cm³/mol. The summed E-state index contributed by atoms with van der Waals surface area (Å²) in [7, 11) is 2.03. The average Bonchev–Trinajstić information content (AvgIpc) is 2.83. The normalized spacial score (nSPS) is 24.1. The summed E-state index contributed by atoms with van der Waals surface area (Å²) in [5.41, 5.74) is 1.33. The van der Waals surface area contributed by atoms with Crippen LogP contribution in [-0.4, -0.2) is 12.0 Å². The molecule has 0 saturated heterocycles. The number of thiazole rings is 1. The Bertz CT molecular complexity index is 397. The molecule has 0 radical (unpaired) electrons. The maximum Gasteiger partial charge on any atom is 0.0962 e. The van der Waals surface area contributed by atoms with E-state index in [4.69, 9.17) is 4.98 Å². The summed E-state index contributed by atoms with van der Waals surface area (Å²) in [5.74, 6) is 2.20. The van der Waals surface area contributed by atoms with Crippen LogP contribution in [-0.2, 0) is 6.54 Å². The molecule has 3 heteroatoms. The number of aromatic nitrogens is 1. The number of hydrogen-bond donors (Lipinski definition) is 1. The molecule has 2 atom stereocenters. The SMILES string of the molecule is CCC1CCCC(c2nc(C(C)C)c(CNC)s2)C1. The van der Waals surface area contributed by atoms with E-state index in [0.29, 0.717) is 5.92 Å². The molecule has 1 saturated carbocycles. The maximum absolute atomic E-state index is 5.00. The fourth-order valence-corrected chi connectivity index (χ4v) is 4.56. The van der Waals surface area contributed by atoms with Gasteiger partial charge in [0.1, 0.15) is 0 Å². The molecule has 0 aliphatic heterocycles. The molecule has 1 aliphatic rings. The first-order chi connectivity index (χ1) is 9.15. The molecule has 108 valence electrons. The minimum Gasteiger partial charge on any atom is -0.315 e. The lowest BCUT2D eigenvalue weighted by Crippen LogP contribution is -2.13. The van der Waals surface area contributed by atoms with Crippen LogP contribution in [0.3, 0.4) is 0 Å². The van der Waals surface area contributed by atoms with Crippen molar-refractivity contribution in [2.24, 2.45) is 5.92 Å². The molecule has 2 nitrogen and oxygen atoms in total. The van der Waals surface area contributed by atoms with Crippen LogP contribution in [0.15, 0.2) is 0 Å². The van der Waals surface area contributed by atoms with E-state index in [1.54, 1.807) is 0 Å². The molecule has 1 aromatic rings. The second-order valence-corrected chi connectivity index (χ2v) is 7.30. The highest BCUT2D eigenvalue weighted by Crippen LogP contribution is 2.40. The molecular weight excluding hydrogens is 252 g/mol. The Morgan fingerprint density at radius 2 is 2.16 bits per heavy atom. The standard InChI is InChI=1S/C16H28N2S/c1-5-12-7-6-8-13(9-12)16-18-15(11(2)3)14(19-16)10-17-4/h11-13,17H,5-10H2,1-4H3. The Labute approximate surface area is 122 Å². The van der Waals surface area contributed by atoms with Gasteiger partial charge in [0.05, 0.1) is 10.7 Å². The van der Waals surface area contributed by atoms with Gasteiger partial charge in [0.15, 0.2) is 0 Å². The van der Waals surface area contributed by atoms with Gasteiger partial charge >= 0.3 is 0 Å². The lowest BCUT2D eigenvalue weighted by Gasteiger charge is -2.26. The summed E-state index contributed by atoms with van der Waals surface area (Å²) >= 11 is 1.96. The van der Waals surface area contributed by atoms with Crippen molar-refractivity contribution in [3.8, 4) is 0 Å². The summed E-state index contributed by atoms with van der Waals surface area (Å²) in [6.45, 7) is 7.82. The van der Waals surface area contributed by atoms with Gasteiger partial charge in [-0.15, -0.1) is 11.3 Å². The molecule has 0 aromatic carbocycles. The summed E-state index contributed by atoms with van der Waals surface area (Å²) < 4.78 is 0. The van der Waals surface area contributed by atoms with Gasteiger partial charge in [0.25, 0.3) is 0 Å². The zero-order valence-corrected chi connectivity index (χ0v) is 13.6. The molecule has 0 amide bonds. The van der Waals surface area contributed by atoms with E-state index in [9.17, 15) is 0 Å². The van der Waals surface area contributed by atoms with Crippen LogP contribution in [0.2, 0.25) is 0 Å². The lowest BCUT2D eigenvalue weighted by atomic mass is 9.80. The second-order valence-electron chi connectivity index (χ2n) is 6.18. The highest BCUT2D eigenvalue weighted by Gasteiger charge is 2.26. The zero-order valence-electron chi connectivity index (χ0n) is 12.8. The lowest BCUT2D eigenvalue weighted by molar-refractivity contribution is 0.314. The monoisotopic (exact) mass is 280 g/mol. The number of rotatable bonds is 5. The fourth-order valence-electron chi connectivity index (χ4n) is 3.18. The topological polar surface area (TPSA) is 24.9 Å². The van der Waals surface area contributed by atoms with Crippen LogP contribution in [0.1, 0.15) is 80.3 Å². The van der Waals surface area contributed by atoms with Gasteiger partial charge in [-0.1, -0.05) is 40.0 Å². The summed E-state index contributed by atoms with van der Waals surface area (Å²) in [5, 5.41) is 4.70.